The van der Waals surface area contributed by atoms with E-state index in [0.717, 1.165) is 20.9 Å². The third kappa shape index (κ3) is 2.70. The first-order valence-corrected chi connectivity index (χ1v) is 7.78. The molecule has 1 aromatic heterocycles. The zero-order valence-electron chi connectivity index (χ0n) is 7.37. The first kappa shape index (κ1) is 11.3. The van der Waals surface area contributed by atoms with Crippen molar-refractivity contribution in [1.82, 2.24) is 10.2 Å². The Bertz CT molecular complexity index is 328. The van der Waals surface area contributed by atoms with E-state index in [-0.39, 0.29) is 0 Å². The third-order valence-electron chi connectivity index (χ3n) is 1.93. The number of alkyl halides is 2. The minimum Gasteiger partial charge on any atom is -0.131 e. The molecule has 7 heteroatoms. The van der Waals surface area contributed by atoms with E-state index in [2.05, 4.69) is 10.2 Å². The molecule has 1 fully saturated rings. The molecular weight excluding hydrogens is 279 g/mol. The molecule has 2 nitrogen and oxygen atoms in total. The van der Waals surface area contributed by atoms with Crippen LogP contribution in [0.3, 0.4) is 0 Å². The normalized spacial score (nSPS) is 23.8. The topological polar surface area (TPSA) is 25.8 Å². The van der Waals surface area contributed by atoms with E-state index in [1.807, 2.05) is 6.26 Å². The Labute approximate surface area is 105 Å². The molecule has 1 heterocycles. The minimum absolute atomic E-state index is 0.414. The van der Waals surface area contributed by atoms with Gasteiger partial charge in [-0.3, -0.25) is 0 Å². The third-order valence-corrected chi connectivity index (χ3v) is 6.05. The standard InChI is InChI=1S/C7H8Cl2N2S3/c1-12-5-10-11-6(14-5)13-3-4-2-7(4,8)9/h4H,2-3H2,1H3. The van der Waals surface area contributed by atoms with Crippen molar-refractivity contribution in [3.8, 4) is 0 Å². The van der Waals surface area contributed by atoms with Crippen molar-refractivity contribution < 1.29 is 0 Å². The lowest BCUT2D eigenvalue weighted by Crippen LogP contribution is -1.92. The number of rotatable bonds is 4. The van der Waals surface area contributed by atoms with Gasteiger partial charge >= 0.3 is 0 Å². The zero-order chi connectivity index (χ0) is 10.2. The second-order valence-corrected chi connectivity index (χ2v) is 7.85. The molecule has 1 aliphatic carbocycles. The van der Waals surface area contributed by atoms with Gasteiger partial charge in [-0.15, -0.1) is 33.4 Å². The molecule has 0 bridgehead atoms. The van der Waals surface area contributed by atoms with Gasteiger partial charge in [-0.1, -0.05) is 34.9 Å². The Morgan fingerprint density at radius 3 is 2.64 bits per heavy atom. The van der Waals surface area contributed by atoms with Gasteiger partial charge in [0.15, 0.2) is 8.68 Å². The van der Waals surface area contributed by atoms with Crippen LogP contribution in [0.1, 0.15) is 6.42 Å². The summed E-state index contributed by atoms with van der Waals surface area (Å²) in [5.41, 5.74) is 0. The predicted octanol–water partition coefficient (Wildman–Crippen LogP) is 3.55. The van der Waals surface area contributed by atoms with E-state index in [9.17, 15) is 0 Å². The molecule has 1 aliphatic rings. The number of aromatic nitrogens is 2. The molecule has 0 spiro atoms. The van der Waals surface area contributed by atoms with Crippen molar-refractivity contribution in [3.05, 3.63) is 0 Å². The lowest BCUT2D eigenvalue weighted by atomic mass is 10.5. The highest BCUT2D eigenvalue weighted by Gasteiger charge is 2.51. The maximum atomic E-state index is 5.92. The summed E-state index contributed by atoms with van der Waals surface area (Å²) in [4.78, 5) is 0. The average Bonchev–Trinajstić information content (AvgIpc) is 2.62. The van der Waals surface area contributed by atoms with Crippen LogP contribution in [0.2, 0.25) is 0 Å². The van der Waals surface area contributed by atoms with Gasteiger partial charge in [-0.05, 0) is 12.7 Å². The van der Waals surface area contributed by atoms with Crippen LogP contribution < -0.4 is 0 Å². The minimum atomic E-state index is -0.472. The van der Waals surface area contributed by atoms with E-state index in [0.29, 0.717) is 5.92 Å². The fraction of sp³-hybridized carbons (Fsp3) is 0.714. The maximum absolute atomic E-state index is 5.92. The molecule has 1 unspecified atom stereocenters. The van der Waals surface area contributed by atoms with E-state index in [4.69, 9.17) is 23.2 Å². The molecule has 0 saturated heterocycles. The van der Waals surface area contributed by atoms with Crippen LogP contribution in [-0.2, 0) is 0 Å². The fourth-order valence-electron chi connectivity index (χ4n) is 0.960. The molecule has 1 saturated carbocycles. The van der Waals surface area contributed by atoms with Gasteiger partial charge in [-0.2, -0.15) is 0 Å². The predicted molar refractivity (Wildman–Crippen MR) is 65.0 cm³/mol. The smallest absolute Gasteiger partial charge is 0.131 e. The van der Waals surface area contributed by atoms with Gasteiger partial charge in [0.1, 0.15) is 4.33 Å². The molecule has 0 N–H and O–H groups in total. The number of thioether (sulfide) groups is 2. The maximum Gasteiger partial charge on any atom is 0.175 e. The largest absolute Gasteiger partial charge is 0.175 e. The van der Waals surface area contributed by atoms with Gasteiger partial charge < -0.3 is 0 Å². The molecule has 14 heavy (non-hydrogen) atoms. The van der Waals surface area contributed by atoms with Crippen LogP contribution in [0.4, 0.5) is 0 Å². The van der Waals surface area contributed by atoms with Crippen LogP contribution in [0.15, 0.2) is 8.68 Å². The lowest BCUT2D eigenvalue weighted by molar-refractivity contribution is 0.944. The fourth-order valence-corrected chi connectivity index (χ4v) is 4.35. The lowest BCUT2D eigenvalue weighted by Gasteiger charge is -1.96. The highest BCUT2D eigenvalue weighted by atomic mass is 35.5. The second kappa shape index (κ2) is 4.37. The Kier molecular flexibility index (Phi) is 3.54. The van der Waals surface area contributed by atoms with E-state index in [1.54, 1.807) is 34.9 Å². The van der Waals surface area contributed by atoms with Crippen molar-refractivity contribution in [2.24, 2.45) is 5.92 Å². The summed E-state index contributed by atoms with van der Waals surface area (Å²) < 4.78 is 1.54. The molecule has 0 radical (unpaired) electrons. The number of hydrogen-bond donors (Lipinski definition) is 0. The molecule has 1 atom stereocenters. The average molecular weight is 287 g/mol. The first-order chi connectivity index (χ1) is 6.62. The van der Waals surface area contributed by atoms with E-state index < -0.39 is 4.33 Å². The number of hydrogen-bond acceptors (Lipinski definition) is 5. The number of halogens is 2. The van der Waals surface area contributed by atoms with Crippen molar-refractivity contribution in [2.45, 2.75) is 19.4 Å². The molecule has 2 rings (SSSR count). The van der Waals surface area contributed by atoms with Crippen molar-refractivity contribution in [3.63, 3.8) is 0 Å². The van der Waals surface area contributed by atoms with Crippen LogP contribution >= 0.6 is 58.1 Å². The van der Waals surface area contributed by atoms with Gasteiger partial charge in [0, 0.05) is 11.7 Å². The molecule has 0 amide bonds. The first-order valence-electron chi connectivity index (χ1n) is 4.00. The summed E-state index contributed by atoms with van der Waals surface area (Å²) in [5.74, 6) is 1.35. The van der Waals surface area contributed by atoms with Crippen molar-refractivity contribution in [2.75, 3.05) is 12.0 Å². The summed E-state index contributed by atoms with van der Waals surface area (Å²) in [5, 5.41) is 8.07. The summed E-state index contributed by atoms with van der Waals surface area (Å²) in [6.07, 6.45) is 2.90. The Morgan fingerprint density at radius 1 is 1.50 bits per heavy atom. The molecule has 1 aromatic rings. The molecular formula is C7H8Cl2N2S3. The van der Waals surface area contributed by atoms with E-state index in [1.165, 1.54) is 0 Å². The quantitative estimate of drug-likeness (QED) is 0.625. The van der Waals surface area contributed by atoms with Crippen LogP contribution in [0.5, 0.6) is 0 Å². The molecule has 78 valence electrons. The number of nitrogens with zero attached hydrogens (tertiary/aromatic N) is 2. The highest BCUT2D eigenvalue weighted by molar-refractivity contribution is 8.02. The Morgan fingerprint density at radius 2 is 2.14 bits per heavy atom. The van der Waals surface area contributed by atoms with Crippen molar-refractivity contribution in [1.29, 1.82) is 0 Å². The van der Waals surface area contributed by atoms with Crippen LogP contribution in [0.25, 0.3) is 0 Å². The summed E-state index contributed by atoms with van der Waals surface area (Å²) in [6.45, 7) is 0. The van der Waals surface area contributed by atoms with Crippen molar-refractivity contribution >= 4 is 58.1 Å². The second-order valence-electron chi connectivity index (χ2n) is 3.01. The van der Waals surface area contributed by atoms with E-state index >= 15 is 0 Å². The van der Waals surface area contributed by atoms with Gasteiger partial charge in [0.05, 0.1) is 0 Å². The van der Waals surface area contributed by atoms with Crippen LogP contribution in [0, 0.1) is 5.92 Å². The van der Waals surface area contributed by atoms with Gasteiger partial charge in [0.25, 0.3) is 0 Å². The Balaban J connectivity index is 1.81. The summed E-state index contributed by atoms with van der Waals surface area (Å²) >= 11 is 16.8. The monoisotopic (exact) mass is 286 g/mol. The van der Waals surface area contributed by atoms with Crippen LogP contribution in [-0.4, -0.2) is 26.5 Å². The highest BCUT2D eigenvalue weighted by Crippen LogP contribution is 2.54. The van der Waals surface area contributed by atoms with Gasteiger partial charge in [0.2, 0.25) is 0 Å². The molecule has 0 aliphatic heterocycles. The van der Waals surface area contributed by atoms with Gasteiger partial charge in [-0.25, -0.2) is 0 Å². The zero-order valence-corrected chi connectivity index (χ0v) is 11.3. The molecule has 0 aromatic carbocycles. The summed E-state index contributed by atoms with van der Waals surface area (Å²) in [6, 6.07) is 0. The Hall–Kier alpha value is 0.840. The summed E-state index contributed by atoms with van der Waals surface area (Å²) in [7, 11) is 0. The SMILES string of the molecule is CSc1nnc(SCC2CC2(Cl)Cl)s1.